The van der Waals surface area contributed by atoms with Gasteiger partial charge in [0.05, 0.1) is 11.4 Å². The Morgan fingerprint density at radius 3 is 2.17 bits per heavy atom. The number of amides is 2. The molecule has 0 aliphatic carbocycles. The van der Waals surface area contributed by atoms with Crippen molar-refractivity contribution in [1.82, 2.24) is 14.5 Å². The van der Waals surface area contributed by atoms with Gasteiger partial charge in [-0.05, 0) is 59.5 Å². The number of rotatable bonds is 12. The second kappa shape index (κ2) is 13.7. The molecule has 0 spiro atoms. The van der Waals surface area contributed by atoms with E-state index < -0.39 is 34.3 Å². The summed E-state index contributed by atoms with van der Waals surface area (Å²) in [6, 6.07) is 26.2. The fraction of sp³-hybridized carbons (Fsp3) is 0.273. The highest BCUT2D eigenvalue weighted by Gasteiger charge is 2.33. The highest BCUT2D eigenvalue weighted by molar-refractivity contribution is 7.89. The highest BCUT2D eigenvalue weighted by atomic mass is 32.2. The smallest absolute Gasteiger partial charge is 0.243 e. The maximum Gasteiger partial charge on any atom is 0.243 e. The van der Waals surface area contributed by atoms with Gasteiger partial charge in [-0.25, -0.2) is 12.8 Å². The number of likely N-dealkylation sites (N-methyl/N-ethyl adjacent to an activating group) is 1. The third-order valence-corrected chi connectivity index (χ3v) is 9.12. The standard InChI is InChI=1S/C33H36FN3O4S/c1-4-24(2)35-33(39)31(20-25-10-6-5-7-11-25)37(22-26-14-17-29(34)18-15-26)32(38)23-36(3)42(40,41)30-19-16-27-12-8-9-13-28(27)21-30/h5-19,21,24,31H,4,20,22-23H2,1-3H3,(H,35,39)/t24-,31+/m1/s1. The molecule has 0 unspecified atom stereocenters. The van der Waals surface area contributed by atoms with Gasteiger partial charge in [-0.3, -0.25) is 9.59 Å². The van der Waals surface area contributed by atoms with Crippen LogP contribution in [0.15, 0.2) is 102 Å². The molecule has 0 heterocycles. The number of nitrogens with zero attached hydrogens (tertiary/aromatic N) is 2. The first-order valence-corrected chi connectivity index (χ1v) is 15.4. The van der Waals surface area contributed by atoms with Crippen molar-refractivity contribution in [2.75, 3.05) is 13.6 Å². The monoisotopic (exact) mass is 589 g/mol. The van der Waals surface area contributed by atoms with E-state index in [0.29, 0.717) is 12.0 Å². The number of benzene rings is 4. The van der Waals surface area contributed by atoms with Crippen LogP contribution in [0, 0.1) is 5.82 Å². The SMILES string of the molecule is CC[C@@H](C)NC(=O)[C@H](Cc1ccccc1)N(Cc1ccc(F)cc1)C(=O)CN(C)S(=O)(=O)c1ccc2ccccc2c1. The van der Waals surface area contributed by atoms with Crippen molar-refractivity contribution in [3.63, 3.8) is 0 Å². The summed E-state index contributed by atoms with van der Waals surface area (Å²) in [4.78, 5) is 29.1. The van der Waals surface area contributed by atoms with Crippen LogP contribution < -0.4 is 5.32 Å². The fourth-order valence-corrected chi connectivity index (χ4v) is 5.81. The molecule has 0 aliphatic heterocycles. The molecule has 2 atom stereocenters. The van der Waals surface area contributed by atoms with Crippen LogP contribution in [-0.4, -0.2) is 55.1 Å². The summed E-state index contributed by atoms with van der Waals surface area (Å²) in [5, 5.41) is 4.65. The van der Waals surface area contributed by atoms with Gasteiger partial charge in [0.25, 0.3) is 0 Å². The molecule has 0 fully saturated rings. The lowest BCUT2D eigenvalue weighted by Crippen LogP contribution is -2.54. The molecule has 0 radical (unpaired) electrons. The average Bonchev–Trinajstić information content (AvgIpc) is 2.99. The minimum atomic E-state index is -4.03. The van der Waals surface area contributed by atoms with Crippen molar-refractivity contribution in [2.45, 2.75) is 50.2 Å². The minimum absolute atomic E-state index is 0.00555. The number of carbonyl (C=O) groups excluding carboxylic acids is 2. The third kappa shape index (κ3) is 7.60. The van der Waals surface area contributed by atoms with E-state index in [1.54, 1.807) is 24.3 Å². The number of hydrogen-bond acceptors (Lipinski definition) is 4. The highest BCUT2D eigenvalue weighted by Crippen LogP contribution is 2.22. The van der Waals surface area contributed by atoms with Crippen LogP contribution >= 0.6 is 0 Å². The molecular formula is C33H36FN3O4S. The van der Waals surface area contributed by atoms with Crippen LogP contribution in [0.5, 0.6) is 0 Å². The Morgan fingerprint density at radius 2 is 1.50 bits per heavy atom. The predicted octanol–water partition coefficient (Wildman–Crippen LogP) is 5.15. The predicted molar refractivity (Wildman–Crippen MR) is 163 cm³/mol. The maximum absolute atomic E-state index is 14.0. The summed E-state index contributed by atoms with van der Waals surface area (Å²) in [7, 11) is -2.68. The number of fused-ring (bicyclic) bond motifs is 1. The van der Waals surface area contributed by atoms with Gasteiger partial charge in [-0.15, -0.1) is 0 Å². The zero-order chi connectivity index (χ0) is 30.3. The molecule has 0 bridgehead atoms. The molecule has 0 saturated carbocycles. The third-order valence-electron chi connectivity index (χ3n) is 7.33. The molecule has 220 valence electrons. The summed E-state index contributed by atoms with van der Waals surface area (Å²) in [5.74, 6) is -1.32. The van der Waals surface area contributed by atoms with E-state index >= 15 is 0 Å². The first kappa shape index (κ1) is 30.9. The molecule has 0 saturated heterocycles. The first-order chi connectivity index (χ1) is 20.1. The fourth-order valence-electron chi connectivity index (χ4n) is 4.66. The number of nitrogens with one attached hydrogen (secondary N) is 1. The topological polar surface area (TPSA) is 86.8 Å². The van der Waals surface area contributed by atoms with E-state index in [2.05, 4.69) is 5.32 Å². The Kier molecular flexibility index (Phi) is 10.1. The van der Waals surface area contributed by atoms with Gasteiger partial charge in [0, 0.05) is 26.1 Å². The van der Waals surface area contributed by atoms with Gasteiger partial charge in [0.1, 0.15) is 11.9 Å². The van der Waals surface area contributed by atoms with Crippen molar-refractivity contribution in [3.8, 4) is 0 Å². The largest absolute Gasteiger partial charge is 0.352 e. The van der Waals surface area contributed by atoms with Crippen molar-refractivity contribution in [2.24, 2.45) is 0 Å². The molecule has 1 N–H and O–H groups in total. The maximum atomic E-state index is 14.0. The molecule has 9 heteroatoms. The lowest BCUT2D eigenvalue weighted by molar-refractivity contribution is -0.141. The quantitative estimate of drug-likeness (QED) is 0.248. The van der Waals surface area contributed by atoms with E-state index in [1.807, 2.05) is 68.4 Å². The lowest BCUT2D eigenvalue weighted by Gasteiger charge is -2.33. The Bertz CT molecular complexity index is 1630. The second-order valence-corrected chi connectivity index (χ2v) is 12.5. The van der Waals surface area contributed by atoms with Gasteiger partial charge >= 0.3 is 0 Å². The van der Waals surface area contributed by atoms with Crippen molar-refractivity contribution >= 4 is 32.6 Å². The molecule has 42 heavy (non-hydrogen) atoms. The van der Waals surface area contributed by atoms with E-state index in [9.17, 15) is 22.4 Å². The number of sulfonamides is 1. The molecular weight excluding hydrogens is 553 g/mol. The van der Waals surface area contributed by atoms with E-state index in [-0.39, 0.29) is 29.8 Å². The summed E-state index contributed by atoms with van der Waals surface area (Å²) < 4.78 is 41.8. The van der Waals surface area contributed by atoms with Gasteiger partial charge in [-0.2, -0.15) is 4.31 Å². The number of hydrogen-bond donors (Lipinski definition) is 1. The summed E-state index contributed by atoms with van der Waals surface area (Å²) in [6.45, 7) is 3.34. The van der Waals surface area contributed by atoms with Crippen molar-refractivity contribution in [3.05, 3.63) is 114 Å². The molecule has 0 aromatic heterocycles. The zero-order valence-corrected chi connectivity index (χ0v) is 24.9. The Labute approximate surface area is 247 Å². The normalized spacial score (nSPS) is 13.1. The summed E-state index contributed by atoms with van der Waals surface area (Å²) in [5.41, 5.74) is 1.45. The van der Waals surface area contributed by atoms with Crippen molar-refractivity contribution in [1.29, 1.82) is 0 Å². The Balaban J connectivity index is 1.67. The van der Waals surface area contributed by atoms with E-state index in [1.165, 1.54) is 30.1 Å². The molecule has 4 aromatic carbocycles. The van der Waals surface area contributed by atoms with Gasteiger partial charge in [0.2, 0.25) is 21.8 Å². The van der Waals surface area contributed by atoms with Crippen LogP contribution in [0.1, 0.15) is 31.4 Å². The van der Waals surface area contributed by atoms with E-state index in [4.69, 9.17) is 0 Å². The van der Waals surface area contributed by atoms with Crippen LogP contribution in [0.25, 0.3) is 10.8 Å². The average molecular weight is 590 g/mol. The number of carbonyl (C=O) groups is 2. The van der Waals surface area contributed by atoms with Gasteiger partial charge in [-0.1, -0.05) is 79.7 Å². The Hall–Kier alpha value is -4.08. The summed E-state index contributed by atoms with van der Waals surface area (Å²) in [6.07, 6.45) is 0.916. The van der Waals surface area contributed by atoms with Crippen molar-refractivity contribution < 1.29 is 22.4 Å². The summed E-state index contributed by atoms with van der Waals surface area (Å²) >= 11 is 0. The lowest BCUT2D eigenvalue weighted by atomic mass is 10.0. The Morgan fingerprint density at radius 1 is 0.857 bits per heavy atom. The first-order valence-electron chi connectivity index (χ1n) is 13.9. The van der Waals surface area contributed by atoms with Crippen LogP contribution in [0.3, 0.4) is 0 Å². The van der Waals surface area contributed by atoms with Gasteiger partial charge in [0.15, 0.2) is 0 Å². The van der Waals surface area contributed by atoms with Crippen LogP contribution in [0.2, 0.25) is 0 Å². The number of halogens is 1. The molecule has 4 aromatic rings. The van der Waals surface area contributed by atoms with Gasteiger partial charge < -0.3 is 10.2 Å². The van der Waals surface area contributed by atoms with E-state index in [0.717, 1.165) is 20.6 Å². The van der Waals surface area contributed by atoms with Crippen LogP contribution in [-0.2, 0) is 32.6 Å². The zero-order valence-electron chi connectivity index (χ0n) is 24.0. The molecule has 7 nitrogen and oxygen atoms in total. The molecule has 2 amide bonds. The minimum Gasteiger partial charge on any atom is -0.352 e. The second-order valence-electron chi connectivity index (χ2n) is 10.4. The van der Waals surface area contributed by atoms with Crippen LogP contribution in [0.4, 0.5) is 4.39 Å². The molecule has 4 rings (SSSR count). The molecule has 0 aliphatic rings.